The molecule has 0 saturated heterocycles. The van der Waals surface area contributed by atoms with E-state index >= 15 is 0 Å². The number of nitrogens with one attached hydrogen (secondary N) is 2. The van der Waals surface area contributed by atoms with Crippen LogP contribution in [0.4, 0.5) is 28.6 Å². The third-order valence-corrected chi connectivity index (χ3v) is 3.84. The molecule has 1 aromatic carbocycles. The normalized spacial score (nSPS) is 11.9. The van der Waals surface area contributed by atoms with Crippen LogP contribution < -0.4 is 10.6 Å². The van der Waals surface area contributed by atoms with E-state index in [9.17, 15) is 0 Å². The molecule has 0 amide bonds. The zero-order chi connectivity index (χ0) is 14.1. The van der Waals surface area contributed by atoms with Crippen molar-refractivity contribution in [3.05, 3.63) is 34.4 Å². The van der Waals surface area contributed by atoms with Gasteiger partial charge in [-0.05, 0) is 12.1 Å². The fourth-order valence-electron chi connectivity index (χ4n) is 1.78. The Balaban J connectivity index is 2.03. The van der Waals surface area contributed by atoms with Crippen molar-refractivity contribution in [2.75, 3.05) is 17.7 Å². The van der Waals surface area contributed by atoms with E-state index in [4.69, 9.17) is 23.2 Å². The first kappa shape index (κ1) is 13.4. The molecule has 0 atom stereocenters. The zero-order valence-electron chi connectivity index (χ0n) is 10.3. The maximum Gasteiger partial charge on any atom is 0.131 e. The molecule has 8 heteroatoms. The molecular weight excluding hydrogens is 317 g/mol. The van der Waals surface area contributed by atoms with E-state index in [1.54, 1.807) is 12.3 Å². The van der Waals surface area contributed by atoms with Gasteiger partial charge in [0.1, 0.15) is 17.2 Å². The molecule has 1 aliphatic rings. The van der Waals surface area contributed by atoms with Crippen molar-refractivity contribution in [2.45, 2.75) is 0 Å². The first-order chi connectivity index (χ1) is 9.69. The maximum atomic E-state index is 6.25. The summed E-state index contributed by atoms with van der Waals surface area (Å²) in [5.74, 6) is 0.757. The molecule has 2 aromatic rings. The average Bonchev–Trinajstić information content (AvgIpc) is 2.93. The lowest BCUT2D eigenvalue weighted by Crippen LogP contribution is -1.96. The topological polar surface area (TPSA) is 61.7 Å². The highest BCUT2D eigenvalue weighted by atomic mass is 35.5. The van der Waals surface area contributed by atoms with E-state index in [1.165, 1.54) is 0 Å². The summed E-state index contributed by atoms with van der Waals surface area (Å²) < 4.78 is 8.42. The van der Waals surface area contributed by atoms with Crippen molar-refractivity contribution < 1.29 is 0 Å². The van der Waals surface area contributed by atoms with Gasteiger partial charge in [-0.25, -0.2) is 4.98 Å². The Labute approximate surface area is 129 Å². The van der Waals surface area contributed by atoms with Crippen LogP contribution in [0.3, 0.4) is 0 Å². The van der Waals surface area contributed by atoms with Gasteiger partial charge in [-0.15, -0.1) is 0 Å². The second kappa shape index (κ2) is 5.40. The van der Waals surface area contributed by atoms with Gasteiger partial charge in [0.05, 0.1) is 27.1 Å². The molecule has 0 unspecified atom stereocenters. The third kappa shape index (κ3) is 2.37. The number of nitrogens with zero attached hydrogens (tertiary/aromatic N) is 3. The Morgan fingerprint density at radius 3 is 2.70 bits per heavy atom. The number of hydrogen-bond acceptors (Lipinski definition) is 5. The summed E-state index contributed by atoms with van der Waals surface area (Å²) in [6, 6.07) is 5.38. The smallest absolute Gasteiger partial charge is 0.131 e. The van der Waals surface area contributed by atoms with Crippen LogP contribution in [0.2, 0.25) is 10.0 Å². The predicted octanol–water partition coefficient (Wildman–Crippen LogP) is 4.90. The van der Waals surface area contributed by atoms with Gasteiger partial charge in [-0.1, -0.05) is 23.2 Å². The fourth-order valence-corrected chi connectivity index (χ4v) is 2.94. The van der Waals surface area contributed by atoms with Gasteiger partial charge in [-0.3, -0.25) is 0 Å². The monoisotopic (exact) mass is 325 g/mol. The SMILES string of the molecule is CNc1cc(Nc2c(Cl)cc(Cl)c3c2N=S=N3)ccn1. The summed E-state index contributed by atoms with van der Waals surface area (Å²) in [5, 5.41) is 7.21. The van der Waals surface area contributed by atoms with E-state index in [-0.39, 0.29) is 0 Å². The Hall–Kier alpha value is -1.63. The van der Waals surface area contributed by atoms with Crippen molar-refractivity contribution >= 4 is 63.1 Å². The molecule has 0 bridgehead atoms. The maximum absolute atomic E-state index is 6.25. The number of pyridine rings is 1. The summed E-state index contributed by atoms with van der Waals surface area (Å²) in [6.07, 6.45) is 1.70. The molecule has 102 valence electrons. The first-order valence-corrected chi connectivity index (χ1v) is 7.19. The van der Waals surface area contributed by atoms with E-state index in [0.29, 0.717) is 27.1 Å². The molecule has 0 fully saturated rings. The van der Waals surface area contributed by atoms with E-state index in [1.807, 2.05) is 19.2 Å². The number of aromatic nitrogens is 1. The minimum Gasteiger partial charge on any atom is -0.373 e. The van der Waals surface area contributed by atoms with Crippen molar-refractivity contribution in [3.63, 3.8) is 0 Å². The molecule has 0 radical (unpaired) electrons. The van der Waals surface area contributed by atoms with Gasteiger partial charge in [0.2, 0.25) is 0 Å². The molecule has 5 nitrogen and oxygen atoms in total. The van der Waals surface area contributed by atoms with Gasteiger partial charge in [-0.2, -0.15) is 8.73 Å². The Kier molecular flexibility index (Phi) is 3.60. The van der Waals surface area contributed by atoms with Gasteiger partial charge in [0, 0.05) is 25.0 Å². The highest BCUT2D eigenvalue weighted by Crippen LogP contribution is 2.48. The summed E-state index contributed by atoms with van der Waals surface area (Å²) >= 11 is 13.4. The lowest BCUT2D eigenvalue weighted by molar-refractivity contribution is 1.28. The molecule has 1 aromatic heterocycles. The number of halogens is 2. The minimum absolute atomic E-state index is 0.495. The fraction of sp³-hybridized carbons (Fsp3) is 0.0833. The lowest BCUT2D eigenvalue weighted by atomic mass is 10.2. The standard InChI is InChI=1S/C12H9Cl2N5S/c1-15-9-4-6(2-3-16-9)17-10-7(13)5-8(14)11-12(10)19-20-18-11/h2-5H,1H3,(H2,15,16,17). The lowest BCUT2D eigenvalue weighted by Gasteiger charge is -2.12. The van der Waals surface area contributed by atoms with E-state index in [0.717, 1.165) is 22.9 Å². The van der Waals surface area contributed by atoms with Crippen LogP contribution in [0.25, 0.3) is 0 Å². The highest BCUT2D eigenvalue weighted by molar-refractivity contribution is 7.58. The molecule has 0 saturated carbocycles. The number of anilines is 3. The molecule has 20 heavy (non-hydrogen) atoms. The first-order valence-electron chi connectivity index (χ1n) is 5.70. The molecule has 3 rings (SSSR count). The van der Waals surface area contributed by atoms with Crippen LogP contribution >= 0.6 is 23.2 Å². The second-order valence-corrected chi connectivity index (χ2v) is 5.32. The Morgan fingerprint density at radius 2 is 1.90 bits per heavy atom. The summed E-state index contributed by atoms with van der Waals surface area (Å²) in [5.41, 5.74) is 2.85. The van der Waals surface area contributed by atoms with E-state index in [2.05, 4.69) is 24.3 Å². The zero-order valence-corrected chi connectivity index (χ0v) is 12.6. The Morgan fingerprint density at radius 1 is 1.10 bits per heavy atom. The molecule has 2 heterocycles. The van der Waals surface area contributed by atoms with Crippen molar-refractivity contribution in [1.29, 1.82) is 0 Å². The van der Waals surface area contributed by atoms with Crippen LogP contribution in [0.5, 0.6) is 0 Å². The third-order valence-electron chi connectivity index (χ3n) is 2.73. The average molecular weight is 326 g/mol. The Bertz CT molecular complexity index is 756. The molecular formula is C12H9Cl2N5S. The quantitative estimate of drug-likeness (QED) is 0.719. The van der Waals surface area contributed by atoms with Gasteiger partial charge < -0.3 is 10.6 Å². The minimum atomic E-state index is 0.495. The number of rotatable bonds is 3. The van der Waals surface area contributed by atoms with Crippen molar-refractivity contribution in [1.82, 2.24) is 4.98 Å². The second-order valence-electron chi connectivity index (χ2n) is 3.98. The number of hydrogen-bond donors (Lipinski definition) is 2. The largest absolute Gasteiger partial charge is 0.373 e. The van der Waals surface area contributed by atoms with Gasteiger partial charge >= 0.3 is 0 Å². The van der Waals surface area contributed by atoms with Gasteiger partial charge in [0.15, 0.2) is 0 Å². The van der Waals surface area contributed by atoms with Gasteiger partial charge in [0.25, 0.3) is 0 Å². The highest BCUT2D eigenvalue weighted by Gasteiger charge is 2.18. The predicted molar refractivity (Wildman–Crippen MR) is 85.1 cm³/mol. The van der Waals surface area contributed by atoms with Crippen LogP contribution in [0.1, 0.15) is 0 Å². The number of benzene rings is 1. The van der Waals surface area contributed by atoms with Crippen molar-refractivity contribution in [3.8, 4) is 0 Å². The summed E-state index contributed by atoms with van der Waals surface area (Å²) in [4.78, 5) is 4.16. The number of fused-ring (bicyclic) bond motifs is 1. The summed E-state index contributed by atoms with van der Waals surface area (Å²) in [7, 11) is 1.81. The van der Waals surface area contributed by atoms with Crippen LogP contribution in [0, 0.1) is 0 Å². The molecule has 1 aliphatic heterocycles. The molecule has 0 spiro atoms. The van der Waals surface area contributed by atoms with Crippen LogP contribution in [-0.2, 0) is 11.4 Å². The van der Waals surface area contributed by atoms with Crippen molar-refractivity contribution in [2.24, 2.45) is 8.73 Å². The van der Waals surface area contributed by atoms with Crippen LogP contribution in [-0.4, -0.2) is 12.0 Å². The molecule has 2 N–H and O–H groups in total. The summed E-state index contributed by atoms with van der Waals surface area (Å²) in [6.45, 7) is 0. The van der Waals surface area contributed by atoms with Crippen LogP contribution in [0.15, 0.2) is 33.1 Å². The molecule has 0 aliphatic carbocycles. The van der Waals surface area contributed by atoms with E-state index < -0.39 is 0 Å².